The van der Waals surface area contributed by atoms with Gasteiger partial charge in [0, 0.05) is 24.6 Å². The zero-order valence-corrected chi connectivity index (χ0v) is 15.0. The van der Waals surface area contributed by atoms with Gasteiger partial charge in [0.05, 0.1) is 29.3 Å². The van der Waals surface area contributed by atoms with Crippen LogP contribution in [0.5, 0.6) is 5.75 Å². The molecule has 0 unspecified atom stereocenters. The Bertz CT molecular complexity index is 912. The van der Waals surface area contributed by atoms with Crippen LogP contribution < -0.4 is 15.0 Å². The Morgan fingerprint density at radius 1 is 1.30 bits per heavy atom. The molecule has 2 amide bonds. The molecule has 1 aliphatic heterocycles. The molecule has 8 nitrogen and oxygen atoms in total. The van der Waals surface area contributed by atoms with Gasteiger partial charge < -0.3 is 15.0 Å². The molecular weight excluding hydrogens is 350 g/mol. The summed E-state index contributed by atoms with van der Waals surface area (Å²) in [7, 11) is 1.51. The van der Waals surface area contributed by atoms with Gasteiger partial charge in [-0.25, -0.2) is 0 Å². The fourth-order valence-electron chi connectivity index (χ4n) is 3.08. The number of rotatable bonds is 5. The molecule has 0 aliphatic carbocycles. The van der Waals surface area contributed by atoms with Crippen LogP contribution in [-0.4, -0.2) is 30.4 Å². The van der Waals surface area contributed by atoms with E-state index in [9.17, 15) is 19.7 Å². The van der Waals surface area contributed by atoms with E-state index in [0.717, 1.165) is 0 Å². The molecule has 1 N–H and O–H groups in total. The summed E-state index contributed by atoms with van der Waals surface area (Å²) in [6.07, 6.45) is 0.0443. The van der Waals surface area contributed by atoms with Crippen molar-refractivity contribution in [3.05, 3.63) is 58.1 Å². The van der Waals surface area contributed by atoms with Gasteiger partial charge in [0.1, 0.15) is 5.75 Å². The van der Waals surface area contributed by atoms with Crippen molar-refractivity contribution in [1.29, 1.82) is 0 Å². The van der Waals surface area contributed by atoms with E-state index in [1.807, 2.05) is 0 Å². The highest BCUT2D eigenvalue weighted by atomic mass is 16.6. The number of nitro benzene ring substituents is 1. The molecule has 2 aromatic carbocycles. The first-order valence-electron chi connectivity index (χ1n) is 8.40. The highest BCUT2D eigenvalue weighted by Gasteiger charge is 2.36. The van der Waals surface area contributed by atoms with Crippen LogP contribution in [-0.2, 0) is 9.59 Å². The third-order valence-electron chi connectivity index (χ3n) is 4.56. The molecular formula is C19H19N3O5. The summed E-state index contributed by atoms with van der Waals surface area (Å²) < 4.78 is 5.21. The lowest BCUT2D eigenvalue weighted by Gasteiger charge is -2.17. The highest BCUT2D eigenvalue weighted by Crippen LogP contribution is 2.31. The number of methoxy groups -OCH3 is 1. The number of carbonyl (C=O) groups excluding carboxylic acids is 2. The summed E-state index contributed by atoms with van der Waals surface area (Å²) in [5, 5.41) is 13.9. The average Bonchev–Trinajstić information content (AvgIpc) is 3.04. The lowest BCUT2D eigenvalue weighted by atomic mass is 10.1. The topological polar surface area (TPSA) is 102 Å². The maximum absolute atomic E-state index is 12.6. The molecule has 0 bridgehead atoms. The van der Waals surface area contributed by atoms with Gasteiger partial charge in [-0.2, -0.15) is 0 Å². The van der Waals surface area contributed by atoms with Crippen molar-refractivity contribution >= 4 is 28.9 Å². The first-order chi connectivity index (χ1) is 12.9. The molecule has 140 valence electrons. The normalized spacial score (nSPS) is 16.3. The van der Waals surface area contributed by atoms with E-state index in [-0.39, 0.29) is 30.5 Å². The number of nitrogens with one attached hydrogen (secondary N) is 1. The zero-order chi connectivity index (χ0) is 19.6. The van der Waals surface area contributed by atoms with Gasteiger partial charge in [0.2, 0.25) is 11.8 Å². The SMILES string of the molecule is COc1ccccc1NC(=O)[C@H]1CC(=O)N(c2ccc(C)c([N+](=O)[O-])c2)C1. The number of benzene rings is 2. The molecule has 8 heteroatoms. The van der Waals surface area contributed by atoms with Crippen molar-refractivity contribution in [2.24, 2.45) is 5.92 Å². The van der Waals surface area contributed by atoms with Crippen molar-refractivity contribution in [3.8, 4) is 5.75 Å². The third-order valence-corrected chi connectivity index (χ3v) is 4.56. The van der Waals surface area contributed by atoms with Crippen LogP contribution in [0.3, 0.4) is 0 Å². The Balaban J connectivity index is 1.76. The number of hydrogen-bond acceptors (Lipinski definition) is 5. The number of hydrogen-bond donors (Lipinski definition) is 1. The first kappa shape index (κ1) is 18.4. The van der Waals surface area contributed by atoms with E-state index in [2.05, 4.69) is 5.32 Å². The third kappa shape index (κ3) is 3.74. The van der Waals surface area contributed by atoms with Gasteiger partial charge in [0.15, 0.2) is 0 Å². The second-order valence-electron chi connectivity index (χ2n) is 6.32. The fraction of sp³-hybridized carbons (Fsp3) is 0.263. The maximum atomic E-state index is 12.6. The van der Waals surface area contributed by atoms with E-state index in [0.29, 0.717) is 22.7 Å². The monoisotopic (exact) mass is 369 g/mol. The number of nitrogens with zero attached hydrogens (tertiary/aromatic N) is 2. The van der Waals surface area contributed by atoms with Gasteiger partial charge >= 0.3 is 0 Å². The zero-order valence-electron chi connectivity index (χ0n) is 15.0. The Morgan fingerprint density at radius 3 is 2.74 bits per heavy atom. The van der Waals surface area contributed by atoms with Gasteiger partial charge in [-0.15, -0.1) is 0 Å². The molecule has 0 radical (unpaired) electrons. The Kier molecular flexibility index (Phi) is 5.07. The van der Waals surface area contributed by atoms with Gasteiger partial charge in [-0.1, -0.05) is 18.2 Å². The van der Waals surface area contributed by atoms with Crippen LogP contribution in [0.2, 0.25) is 0 Å². The average molecular weight is 369 g/mol. The quantitative estimate of drug-likeness (QED) is 0.645. The lowest BCUT2D eigenvalue weighted by Crippen LogP contribution is -2.28. The fourth-order valence-corrected chi connectivity index (χ4v) is 3.08. The summed E-state index contributed by atoms with van der Waals surface area (Å²) in [6, 6.07) is 11.6. The van der Waals surface area contributed by atoms with Crippen molar-refractivity contribution in [1.82, 2.24) is 0 Å². The Hall–Kier alpha value is -3.42. The van der Waals surface area contributed by atoms with Gasteiger partial charge in [-0.3, -0.25) is 19.7 Å². The van der Waals surface area contributed by atoms with E-state index >= 15 is 0 Å². The molecule has 0 saturated carbocycles. The standard InChI is InChI=1S/C19H19N3O5/c1-12-7-8-14(10-16(12)22(25)26)21-11-13(9-18(21)23)19(24)20-15-5-3-4-6-17(15)27-2/h3-8,10,13H,9,11H2,1-2H3,(H,20,24)/t13-/m0/s1. The molecule has 1 fully saturated rings. The number of ether oxygens (including phenoxy) is 1. The Labute approximate surface area is 155 Å². The minimum atomic E-state index is -0.553. The van der Waals surface area contributed by atoms with Crippen molar-refractivity contribution < 1.29 is 19.2 Å². The molecule has 0 spiro atoms. The largest absolute Gasteiger partial charge is 0.495 e. The second-order valence-corrected chi connectivity index (χ2v) is 6.32. The number of amides is 2. The molecule has 1 saturated heterocycles. The van der Waals surface area contributed by atoms with Gasteiger partial charge in [0.25, 0.3) is 5.69 Å². The van der Waals surface area contributed by atoms with Crippen LogP contribution in [0.1, 0.15) is 12.0 Å². The minimum Gasteiger partial charge on any atom is -0.495 e. The van der Waals surface area contributed by atoms with E-state index in [4.69, 9.17) is 4.74 Å². The molecule has 0 aromatic heterocycles. The van der Waals surface area contributed by atoms with Gasteiger partial charge in [-0.05, 0) is 25.1 Å². The number of aryl methyl sites for hydroxylation is 1. The predicted octanol–water partition coefficient (Wildman–Crippen LogP) is 2.90. The predicted molar refractivity (Wildman–Crippen MR) is 99.9 cm³/mol. The molecule has 1 atom stereocenters. The van der Waals surface area contributed by atoms with Crippen molar-refractivity contribution in [3.63, 3.8) is 0 Å². The first-order valence-corrected chi connectivity index (χ1v) is 8.40. The van der Waals surface area contributed by atoms with Crippen LogP contribution in [0.25, 0.3) is 0 Å². The Morgan fingerprint density at radius 2 is 2.04 bits per heavy atom. The smallest absolute Gasteiger partial charge is 0.274 e. The molecule has 3 rings (SSSR count). The molecule has 27 heavy (non-hydrogen) atoms. The van der Waals surface area contributed by atoms with E-state index in [1.165, 1.54) is 18.1 Å². The minimum absolute atomic E-state index is 0.0443. The van der Waals surface area contributed by atoms with Crippen molar-refractivity contribution in [2.45, 2.75) is 13.3 Å². The van der Waals surface area contributed by atoms with Crippen LogP contribution in [0.4, 0.5) is 17.1 Å². The second kappa shape index (κ2) is 7.45. The number of anilines is 2. The summed E-state index contributed by atoms with van der Waals surface area (Å²) in [6.45, 7) is 1.80. The number of carbonyl (C=O) groups is 2. The lowest BCUT2D eigenvalue weighted by molar-refractivity contribution is -0.385. The molecule has 2 aromatic rings. The van der Waals surface area contributed by atoms with Crippen LogP contribution >= 0.6 is 0 Å². The summed E-state index contributed by atoms with van der Waals surface area (Å²) in [4.78, 5) is 37.0. The van der Waals surface area contributed by atoms with E-state index in [1.54, 1.807) is 43.3 Å². The number of para-hydroxylation sites is 2. The van der Waals surface area contributed by atoms with Crippen molar-refractivity contribution in [2.75, 3.05) is 23.9 Å². The number of nitro groups is 1. The molecule has 1 aliphatic rings. The van der Waals surface area contributed by atoms with E-state index < -0.39 is 10.8 Å². The summed E-state index contributed by atoms with van der Waals surface area (Å²) >= 11 is 0. The maximum Gasteiger partial charge on any atom is 0.274 e. The highest BCUT2D eigenvalue weighted by molar-refractivity contribution is 6.04. The van der Waals surface area contributed by atoms with Crippen LogP contribution in [0.15, 0.2) is 42.5 Å². The summed E-state index contributed by atoms with van der Waals surface area (Å²) in [5.74, 6) is -0.561. The van der Waals surface area contributed by atoms with Crippen LogP contribution in [0, 0.1) is 23.0 Å². The summed E-state index contributed by atoms with van der Waals surface area (Å²) in [5.41, 5.74) is 1.41. The molecule has 1 heterocycles.